The number of imide groups is 1. The van der Waals surface area contributed by atoms with E-state index in [1.807, 2.05) is 19.1 Å². The minimum absolute atomic E-state index is 0.0420. The Morgan fingerprint density at radius 2 is 1.77 bits per heavy atom. The second-order valence-corrected chi connectivity index (χ2v) is 8.96. The lowest BCUT2D eigenvalue weighted by Crippen LogP contribution is -2.50. The van der Waals surface area contributed by atoms with Gasteiger partial charge in [0, 0.05) is 0 Å². The van der Waals surface area contributed by atoms with Crippen LogP contribution in [-0.2, 0) is 16.1 Å². The van der Waals surface area contributed by atoms with Gasteiger partial charge in [-0.25, -0.2) is 5.01 Å². The topological polar surface area (TPSA) is 57.7 Å². The third-order valence-corrected chi connectivity index (χ3v) is 6.81. The van der Waals surface area contributed by atoms with E-state index in [0.717, 1.165) is 10.0 Å². The molecule has 1 saturated heterocycles. The van der Waals surface area contributed by atoms with Gasteiger partial charge in [0.1, 0.15) is 0 Å². The summed E-state index contributed by atoms with van der Waals surface area (Å²) in [6, 6.07) is 11.5. The highest BCUT2D eigenvalue weighted by molar-refractivity contribution is 6.42. The third-order valence-electron chi connectivity index (χ3n) is 5.75. The summed E-state index contributed by atoms with van der Waals surface area (Å²) < 4.78 is 0. The van der Waals surface area contributed by atoms with E-state index in [4.69, 9.17) is 34.8 Å². The molecule has 31 heavy (non-hydrogen) atoms. The SMILES string of the molecule is C[C@@H]1C=CC[C@H]2C(=O)N(N(Cc3ccc(Cl)c(Cl)c3)C(=O)c3ccccc3Cl)C(=O)[C@@H]12. The summed E-state index contributed by atoms with van der Waals surface area (Å²) in [7, 11) is 0. The standard InChI is InChI=1S/C23H19Cl3N2O3/c1-13-5-4-7-16-20(13)23(31)28(22(16)30)27(12-14-9-10-18(25)19(26)11-14)21(29)15-6-2-3-8-17(15)24/h2-6,8-11,13,16,20H,7,12H2,1H3/t13-,16-,20+/m1/s1. The number of nitrogens with zero attached hydrogens (tertiary/aromatic N) is 2. The summed E-state index contributed by atoms with van der Waals surface area (Å²) in [6.45, 7) is 1.86. The first kappa shape index (κ1) is 21.9. The molecule has 0 N–H and O–H groups in total. The van der Waals surface area contributed by atoms with Crippen LogP contribution in [0.15, 0.2) is 54.6 Å². The summed E-state index contributed by atoms with van der Waals surface area (Å²) in [5.41, 5.74) is 0.822. The maximum atomic E-state index is 13.5. The van der Waals surface area contributed by atoms with E-state index in [1.54, 1.807) is 42.5 Å². The Kier molecular flexibility index (Phi) is 6.11. The molecular weight excluding hydrogens is 459 g/mol. The van der Waals surface area contributed by atoms with Gasteiger partial charge in [-0.05, 0) is 42.2 Å². The Morgan fingerprint density at radius 1 is 1.03 bits per heavy atom. The van der Waals surface area contributed by atoms with Crippen LogP contribution < -0.4 is 0 Å². The number of amides is 3. The zero-order valence-electron chi connectivity index (χ0n) is 16.6. The van der Waals surface area contributed by atoms with Gasteiger partial charge >= 0.3 is 0 Å². The molecule has 1 aliphatic carbocycles. The second kappa shape index (κ2) is 8.65. The second-order valence-electron chi connectivity index (χ2n) is 7.73. The van der Waals surface area contributed by atoms with E-state index in [2.05, 4.69) is 0 Å². The summed E-state index contributed by atoms with van der Waals surface area (Å²) >= 11 is 18.4. The number of halogens is 3. The maximum Gasteiger partial charge on any atom is 0.274 e. The van der Waals surface area contributed by atoms with Crippen LogP contribution in [0, 0.1) is 17.8 Å². The average Bonchev–Trinajstić information content (AvgIpc) is 3.00. The van der Waals surface area contributed by atoms with Crippen LogP contribution in [0.1, 0.15) is 29.3 Å². The molecule has 0 saturated carbocycles. The fraction of sp³-hybridized carbons (Fsp3) is 0.261. The van der Waals surface area contributed by atoms with Gasteiger partial charge in [-0.3, -0.25) is 14.4 Å². The molecule has 0 unspecified atom stereocenters. The molecule has 1 aliphatic heterocycles. The Hall–Kier alpha value is -2.34. The number of hydrogen-bond donors (Lipinski definition) is 0. The van der Waals surface area contributed by atoms with Crippen molar-refractivity contribution >= 4 is 52.5 Å². The average molecular weight is 478 g/mol. The number of hydrazine groups is 1. The molecular formula is C23H19Cl3N2O3. The molecule has 0 spiro atoms. The van der Waals surface area contributed by atoms with Crippen LogP contribution in [0.5, 0.6) is 0 Å². The first-order valence-electron chi connectivity index (χ1n) is 9.84. The van der Waals surface area contributed by atoms with Crippen LogP contribution in [0.2, 0.25) is 15.1 Å². The molecule has 2 aliphatic rings. The molecule has 160 valence electrons. The summed E-state index contributed by atoms with van der Waals surface area (Å²) in [5, 5.41) is 3.07. The number of hydrogen-bond acceptors (Lipinski definition) is 3. The number of fused-ring (bicyclic) bond motifs is 1. The zero-order valence-corrected chi connectivity index (χ0v) is 18.9. The lowest BCUT2D eigenvalue weighted by Gasteiger charge is -2.31. The maximum absolute atomic E-state index is 13.5. The van der Waals surface area contributed by atoms with Crippen molar-refractivity contribution in [1.29, 1.82) is 0 Å². The highest BCUT2D eigenvalue weighted by atomic mass is 35.5. The summed E-state index contributed by atoms with van der Waals surface area (Å²) in [4.78, 5) is 40.1. The van der Waals surface area contributed by atoms with Gasteiger partial charge in [0.25, 0.3) is 17.7 Å². The summed E-state index contributed by atoms with van der Waals surface area (Å²) in [5.74, 6) is -2.38. The normalized spacial score (nSPS) is 22.6. The van der Waals surface area contributed by atoms with E-state index >= 15 is 0 Å². The molecule has 2 aromatic carbocycles. The molecule has 1 heterocycles. The molecule has 0 radical (unpaired) electrons. The first-order valence-corrected chi connectivity index (χ1v) is 11.0. The van der Waals surface area contributed by atoms with E-state index in [1.165, 1.54) is 0 Å². The van der Waals surface area contributed by atoms with Crippen molar-refractivity contribution in [2.45, 2.75) is 19.9 Å². The Balaban J connectivity index is 1.76. The predicted molar refractivity (Wildman–Crippen MR) is 120 cm³/mol. The highest BCUT2D eigenvalue weighted by Gasteiger charge is 2.53. The van der Waals surface area contributed by atoms with Gasteiger partial charge in [0.2, 0.25) is 0 Å². The molecule has 4 rings (SSSR count). The fourth-order valence-corrected chi connectivity index (χ4v) is 4.72. The van der Waals surface area contributed by atoms with Gasteiger partial charge in [-0.15, -0.1) is 0 Å². The van der Waals surface area contributed by atoms with Crippen molar-refractivity contribution < 1.29 is 14.4 Å². The molecule has 3 atom stereocenters. The molecule has 2 aromatic rings. The number of carbonyl (C=O) groups is 3. The quantitative estimate of drug-likeness (QED) is 0.437. The van der Waals surface area contributed by atoms with Crippen LogP contribution in [0.4, 0.5) is 0 Å². The van der Waals surface area contributed by atoms with Gasteiger partial charge < -0.3 is 0 Å². The smallest absolute Gasteiger partial charge is 0.272 e. The highest BCUT2D eigenvalue weighted by Crippen LogP contribution is 2.40. The third kappa shape index (κ3) is 3.98. The van der Waals surface area contributed by atoms with E-state index in [-0.39, 0.29) is 34.9 Å². The van der Waals surface area contributed by atoms with Crippen LogP contribution >= 0.6 is 34.8 Å². The molecule has 0 aromatic heterocycles. The minimum atomic E-state index is -0.544. The van der Waals surface area contributed by atoms with Gasteiger partial charge in [0.15, 0.2) is 0 Å². The van der Waals surface area contributed by atoms with Crippen LogP contribution in [0.25, 0.3) is 0 Å². The predicted octanol–water partition coefficient (Wildman–Crippen LogP) is 5.40. The number of allylic oxidation sites excluding steroid dienone is 2. The lowest BCUT2D eigenvalue weighted by molar-refractivity contribution is -0.155. The van der Waals surface area contributed by atoms with Crippen molar-refractivity contribution in [1.82, 2.24) is 10.0 Å². The van der Waals surface area contributed by atoms with Crippen molar-refractivity contribution in [3.8, 4) is 0 Å². The number of carbonyl (C=O) groups excluding carboxylic acids is 3. The first-order chi connectivity index (χ1) is 14.8. The lowest BCUT2D eigenvalue weighted by atomic mass is 9.78. The summed E-state index contributed by atoms with van der Waals surface area (Å²) in [6.07, 6.45) is 4.33. The molecule has 0 bridgehead atoms. The monoisotopic (exact) mass is 476 g/mol. The van der Waals surface area contributed by atoms with Crippen molar-refractivity contribution in [3.05, 3.63) is 80.8 Å². The fourth-order valence-electron chi connectivity index (χ4n) is 4.19. The van der Waals surface area contributed by atoms with Crippen LogP contribution in [-0.4, -0.2) is 27.7 Å². The van der Waals surface area contributed by atoms with E-state index < -0.39 is 17.7 Å². The zero-order chi connectivity index (χ0) is 22.3. The Labute approximate surface area is 195 Å². The van der Waals surface area contributed by atoms with Gasteiger partial charge in [-0.1, -0.05) is 72.1 Å². The van der Waals surface area contributed by atoms with Gasteiger partial charge in [-0.2, -0.15) is 5.01 Å². The molecule has 3 amide bonds. The Bertz CT molecular complexity index is 1100. The van der Waals surface area contributed by atoms with Gasteiger partial charge in [0.05, 0.1) is 39.0 Å². The van der Waals surface area contributed by atoms with E-state index in [0.29, 0.717) is 22.0 Å². The van der Waals surface area contributed by atoms with Crippen LogP contribution in [0.3, 0.4) is 0 Å². The Morgan fingerprint density at radius 3 is 2.45 bits per heavy atom. The van der Waals surface area contributed by atoms with Crippen molar-refractivity contribution in [3.63, 3.8) is 0 Å². The van der Waals surface area contributed by atoms with E-state index in [9.17, 15) is 14.4 Å². The molecule has 5 nitrogen and oxygen atoms in total. The van der Waals surface area contributed by atoms with Crippen molar-refractivity contribution in [2.75, 3.05) is 0 Å². The molecule has 8 heteroatoms. The number of benzene rings is 2. The largest absolute Gasteiger partial charge is 0.274 e. The van der Waals surface area contributed by atoms with Crippen molar-refractivity contribution in [2.24, 2.45) is 17.8 Å². The number of rotatable bonds is 4. The molecule has 1 fully saturated rings. The minimum Gasteiger partial charge on any atom is -0.272 e.